The van der Waals surface area contributed by atoms with E-state index in [1.807, 2.05) is 0 Å². The predicted octanol–water partition coefficient (Wildman–Crippen LogP) is 4.79. The van der Waals surface area contributed by atoms with Gasteiger partial charge in [0.05, 0.1) is 37.4 Å². The standard InChI is InChI=1S/C17H8Cl3NO4/c1-2-7-10-11(13(19)14(20)12(7)18)16(23)21(15(10)22)9-6-4-3-5-8(9)17(24)25/h2-6H,1H2,(H,24,25). The molecule has 0 saturated carbocycles. The fraction of sp³-hybridized carbons (Fsp3) is 0. The lowest BCUT2D eigenvalue weighted by molar-refractivity contribution is 0.0698. The molecule has 25 heavy (non-hydrogen) atoms. The molecule has 0 radical (unpaired) electrons. The molecular weight excluding hydrogens is 389 g/mol. The number of rotatable bonds is 3. The van der Waals surface area contributed by atoms with Crippen LogP contribution in [0.3, 0.4) is 0 Å². The fourth-order valence-corrected chi connectivity index (χ4v) is 3.46. The molecule has 1 N–H and O–H groups in total. The zero-order chi connectivity index (χ0) is 18.5. The molecule has 0 bridgehead atoms. The van der Waals surface area contributed by atoms with E-state index in [1.54, 1.807) is 0 Å². The maximum atomic E-state index is 12.9. The first-order chi connectivity index (χ1) is 11.8. The lowest BCUT2D eigenvalue weighted by Crippen LogP contribution is -2.31. The Morgan fingerprint density at radius 3 is 2.20 bits per heavy atom. The molecule has 1 aliphatic heterocycles. The number of carbonyl (C=O) groups is 3. The molecule has 2 aromatic carbocycles. The van der Waals surface area contributed by atoms with Gasteiger partial charge in [0, 0.05) is 5.56 Å². The Morgan fingerprint density at radius 1 is 1.00 bits per heavy atom. The summed E-state index contributed by atoms with van der Waals surface area (Å²) in [7, 11) is 0. The zero-order valence-electron chi connectivity index (χ0n) is 12.3. The summed E-state index contributed by atoms with van der Waals surface area (Å²) in [6, 6.07) is 5.65. The molecular formula is C17H8Cl3NO4. The number of amides is 2. The van der Waals surface area contributed by atoms with E-state index >= 15 is 0 Å². The van der Waals surface area contributed by atoms with Crippen LogP contribution in [0.4, 0.5) is 5.69 Å². The largest absolute Gasteiger partial charge is 0.478 e. The predicted molar refractivity (Wildman–Crippen MR) is 96.1 cm³/mol. The number of aromatic carboxylic acids is 1. The molecule has 0 unspecified atom stereocenters. The number of hydrogen-bond acceptors (Lipinski definition) is 3. The number of imide groups is 1. The third kappa shape index (κ3) is 2.43. The minimum atomic E-state index is -1.28. The Hall–Kier alpha value is -2.34. The van der Waals surface area contributed by atoms with Gasteiger partial charge in [0.15, 0.2) is 0 Å². The quantitative estimate of drug-likeness (QED) is 0.598. The Balaban J connectivity index is 2.32. The number of carboxylic acids is 1. The minimum Gasteiger partial charge on any atom is -0.478 e. The Kier molecular flexibility index (Phi) is 4.33. The van der Waals surface area contributed by atoms with Crippen molar-refractivity contribution in [2.75, 3.05) is 4.90 Å². The molecule has 0 saturated heterocycles. The van der Waals surface area contributed by atoms with Crippen LogP contribution in [0.1, 0.15) is 36.6 Å². The maximum absolute atomic E-state index is 12.9. The molecule has 0 spiro atoms. The average molecular weight is 397 g/mol. The second kappa shape index (κ2) is 6.19. The molecule has 8 heteroatoms. The Morgan fingerprint density at radius 2 is 1.60 bits per heavy atom. The maximum Gasteiger partial charge on any atom is 0.337 e. The monoisotopic (exact) mass is 395 g/mol. The number of nitrogens with zero attached hydrogens (tertiary/aromatic N) is 1. The summed E-state index contributed by atoms with van der Waals surface area (Å²) in [5.74, 6) is -2.80. The zero-order valence-corrected chi connectivity index (χ0v) is 14.6. The first kappa shape index (κ1) is 17.5. The molecule has 3 rings (SSSR count). The average Bonchev–Trinajstić information content (AvgIpc) is 2.84. The second-order valence-corrected chi connectivity index (χ2v) is 6.21. The number of carboxylic acid groups (broad SMARTS) is 1. The number of halogens is 3. The van der Waals surface area contributed by atoms with E-state index in [0.717, 1.165) is 4.90 Å². The van der Waals surface area contributed by atoms with Gasteiger partial charge in [0.2, 0.25) is 0 Å². The van der Waals surface area contributed by atoms with Crippen molar-refractivity contribution in [3.63, 3.8) is 0 Å². The third-order valence-corrected chi connectivity index (χ3v) is 5.12. The van der Waals surface area contributed by atoms with Gasteiger partial charge in [0.25, 0.3) is 11.8 Å². The van der Waals surface area contributed by atoms with E-state index in [2.05, 4.69) is 6.58 Å². The highest BCUT2D eigenvalue weighted by molar-refractivity contribution is 6.52. The lowest BCUT2D eigenvalue weighted by atomic mass is 10.0. The van der Waals surface area contributed by atoms with Crippen molar-refractivity contribution in [2.45, 2.75) is 0 Å². The van der Waals surface area contributed by atoms with Crippen molar-refractivity contribution in [1.82, 2.24) is 0 Å². The van der Waals surface area contributed by atoms with Crippen LogP contribution in [0.2, 0.25) is 15.1 Å². The van der Waals surface area contributed by atoms with Crippen molar-refractivity contribution in [3.05, 3.63) is 68.2 Å². The fourth-order valence-electron chi connectivity index (χ4n) is 2.68. The van der Waals surface area contributed by atoms with Gasteiger partial charge in [-0.3, -0.25) is 9.59 Å². The van der Waals surface area contributed by atoms with Crippen LogP contribution in [-0.2, 0) is 0 Å². The molecule has 0 atom stereocenters. The van der Waals surface area contributed by atoms with E-state index in [-0.39, 0.29) is 43.0 Å². The first-order valence-electron chi connectivity index (χ1n) is 6.85. The van der Waals surface area contributed by atoms with Gasteiger partial charge < -0.3 is 5.11 Å². The highest BCUT2D eigenvalue weighted by atomic mass is 35.5. The third-order valence-electron chi connectivity index (χ3n) is 3.77. The van der Waals surface area contributed by atoms with E-state index < -0.39 is 17.8 Å². The Bertz CT molecular complexity index is 984. The summed E-state index contributed by atoms with van der Waals surface area (Å²) in [6.45, 7) is 3.58. The van der Waals surface area contributed by atoms with E-state index in [4.69, 9.17) is 34.8 Å². The molecule has 1 aliphatic rings. The van der Waals surface area contributed by atoms with Crippen LogP contribution < -0.4 is 4.90 Å². The SMILES string of the molecule is C=Cc1c(Cl)c(Cl)c(Cl)c2c1C(=O)N(c1ccccc1C(=O)O)C2=O. The molecule has 2 aromatic rings. The normalized spacial score (nSPS) is 13.2. The molecule has 1 heterocycles. The highest BCUT2D eigenvalue weighted by Crippen LogP contribution is 2.44. The number of fused-ring (bicyclic) bond motifs is 1. The minimum absolute atomic E-state index is 0.00469. The highest BCUT2D eigenvalue weighted by Gasteiger charge is 2.43. The number of benzene rings is 2. The number of para-hydroxylation sites is 1. The van der Waals surface area contributed by atoms with Gasteiger partial charge in [-0.05, 0) is 12.1 Å². The summed E-state index contributed by atoms with van der Waals surface area (Å²) < 4.78 is 0. The van der Waals surface area contributed by atoms with Crippen molar-refractivity contribution in [3.8, 4) is 0 Å². The van der Waals surface area contributed by atoms with E-state index in [1.165, 1.54) is 30.3 Å². The van der Waals surface area contributed by atoms with Gasteiger partial charge in [-0.25, -0.2) is 9.69 Å². The van der Waals surface area contributed by atoms with Crippen LogP contribution >= 0.6 is 34.8 Å². The summed E-state index contributed by atoms with van der Waals surface area (Å²) >= 11 is 18.3. The van der Waals surface area contributed by atoms with Crippen LogP contribution in [0.25, 0.3) is 6.08 Å². The molecule has 2 amide bonds. The summed E-state index contributed by atoms with van der Waals surface area (Å²) in [5.41, 5.74) is -0.291. The van der Waals surface area contributed by atoms with E-state index in [9.17, 15) is 19.5 Å². The number of hydrogen-bond donors (Lipinski definition) is 1. The van der Waals surface area contributed by atoms with Crippen LogP contribution in [0.5, 0.6) is 0 Å². The molecule has 0 fully saturated rings. The van der Waals surface area contributed by atoms with Crippen LogP contribution in [0, 0.1) is 0 Å². The van der Waals surface area contributed by atoms with Gasteiger partial charge >= 0.3 is 5.97 Å². The van der Waals surface area contributed by atoms with Gasteiger partial charge in [-0.1, -0.05) is 59.6 Å². The van der Waals surface area contributed by atoms with Crippen molar-refractivity contribution < 1.29 is 19.5 Å². The van der Waals surface area contributed by atoms with Crippen molar-refractivity contribution in [1.29, 1.82) is 0 Å². The van der Waals surface area contributed by atoms with Crippen LogP contribution in [-0.4, -0.2) is 22.9 Å². The van der Waals surface area contributed by atoms with Gasteiger partial charge in [-0.15, -0.1) is 0 Å². The smallest absolute Gasteiger partial charge is 0.337 e. The topological polar surface area (TPSA) is 74.7 Å². The summed E-state index contributed by atoms with van der Waals surface area (Å²) in [6.07, 6.45) is 1.29. The molecule has 126 valence electrons. The van der Waals surface area contributed by atoms with Gasteiger partial charge in [-0.2, -0.15) is 0 Å². The molecule has 0 aromatic heterocycles. The van der Waals surface area contributed by atoms with E-state index in [0.29, 0.717) is 0 Å². The summed E-state index contributed by atoms with van der Waals surface area (Å²) in [5, 5.41) is 9.08. The van der Waals surface area contributed by atoms with Crippen molar-refractivity contribution in [2.24, 2.45) is 0 Å². The summed E-state index contributed by atoms with van der Waals surface area (Å²) in [4.78, 5) is 37.9. The first-order valence-corrected chi connectivity index (χ1v) is 7.98. The number of anilines is 1. The molecule has 5 nitrogen and oxygen atoms in total. The molecule has 0 aliphatic carbocycles. The second-order valence-electron chi connectivity index (χ2n) is 5.08. The van der Waals surface area contributed by atoms with Gasteiger partial charge in [0.1, 0.15) is 0 Å². The Labute approximate surface area is 157 Å². The number of carbonyl (C=O) groups excluding carboxylic acids is 2. The van der Waals surface area contributed by atoms with Crippen LogP contribution in [0.15, 0.2) is 30.8 Å². The van der Waals surface area contributed by atoms with Crippen molar-refractivity contribution >= 4 is 64.3 Å². The lowest BCUT2D eigenvalue weighted by Gasteiger charge is -2.16.